The highest BCUT2D eigenvalue weighted by molar-refractivity contribution is 6.30. The van der Waals surface area contributed by atoms with Crippen molar-refractivity contribution in [3.63, 3.8) is 0 Å². The van der Waals surface area contributed by atoms with Gasteiger partial charge in [-0.25, -0.2) is 9.97 Å². The van der Waals surface area contributed by atoms with E-state index in [2.05, 4.69) is 15.3 Å². The van der Waals surface area contributed by atoms with Gasteiger partial charge in [0.1, 0.15) is 0 Å². The topological polar surface area (TPSA) is 37.8 Å². The minimum atomic E-state index is -4.49. The summed E-state index contributed by atoms with van der Waals surface area (Å²) in [6.07, 6.45) is -4.49. The van der Waals surface area contributed by atoms with Crippen molar-refractivity contribution >= 4 is 11.6 Å². The highest BCUT2D eigenvalue weighted by Gasteiger charge is 2.38. The highest BCUT2D eigenvalue weighted by Crippen LogP contribution is 2.34. The summed E-state index contributed by atoms with van der Waals surface area (Å²) >= 11 is 5.77. The first-order valence-corrected chi connectivity index (χ1v) is 6.26. The van der Waals surface area contributed by atoms with E-state index in [1.54, 1.807) is 24.3 Å². The number of halogens is 4. The normalized spacial score (nSPS) is 14.4. The molecule has 1 aliphatic heterocycles. The Bertz CT molecular complexity index is 653. The lowest BCUT2D eigenvalue weighted by atomic mass is 10.1. The van der Waals surface area contributed by atoms with Gasteiger partial charge in [0.05, 0.1) is 5.69 Å². The molecule has 0 fully saturated rings. The van der Waals surface area contributed by atoms with Crippen LogP contribution in [0, 0.1) is 0 Å². The van der Waals surface area contributed by atoms with Crippen LogP contribution in [0.15, 0.2) is 24.3 Å². The molecule has 0 bridgehead atoms. The van der Waals surface area contributed by atoms with E-state index in [-0.39, 0.29) is 17.9 Å². The Morgan fingerprint density at radius 1 is 1.05 bits per heavy atom. The van der Waals surface area contributed by atoms with E-state index in [0.717, 1.165) is 0 Å². The predicted octanol–water partition coefficient (Wildman–Crippen LogP) is 3.42. The number of hydrogen-bond donors (Lipinski definition) is 1. The molecule has 2 heterocycles. The van der Waals surface area contributed by atoms with Crippen molar-refractivity contribution in [2.75, 3.05) is 0 Å². The lowest BCUT2D eigenvalue weighted by Gasteiger charge is -2.12. The van der Waals surface area contributed by atoms with Gasteiger partial charge in [0.2, 0.25) is 0 Å². The second kappa shape index (κ2) is 4.71. The molecular weight excluding hydrogens is 291 g/mol. The van der Waals surface area contributed by atoms with Crippen LogP contribution >= 0.6 is 11.6 Å². The van der Waals surface area contributed by atoms with Gasteiger partial charge in [-0.2, -0.15) is 13.2 Å². The van der Waals surface area contributed by atoms with Crippen molar-refractivity contribution in [1.29, 1.82) is 0 Å². The molecule has 1 N–H and O–H groups in total. The largest absolute Gasteiger partial charge is 0.433 e. The van der Waals surface area contributed by atoms with Gasteiger partial charge in [0.15, 0.2) is 11.5 Å². The molecule has 0 spiro atoms. The van der Waals surface area contributed by atoms with Crippen LogP contribution in [0.3, 0.4) is 0 Å². The number of aromatic nitrogens is 2. The van der Waals surface area contributed by atoms with Gasteiger partial charge in [0, 0.05) is 29.2 Å². The van der Waals surface area contributed by atoms with Crippen molar-refractivity contribution < 1.29 is 13.2 Å². The van der Waals surface area contributed by atoms with Crippen molar-refractivity contribution in [3.05, 3.63) is 46.2 Å². The number of alkyl halides is 3. The maximum Gasteiger partial charge on any atom is 0.433 e. The third kappa shape index (κ3) is 2.36. The summed E-state index contributed by atoms with van der Waals surface area (Å²) in [7, 11) is 0. The quantitative estimate of drug-likeness (QED) is 0.877. The van der Waals surface area contributed by atoms with Crippen LogP contribution in [0.5, 0.6) is 0 Å². The van der Waals surface area contributed by atoms with Gasteiger partial charge in [0.25, 0.3) is 0 Å². The molecule has 104 valence electrons. The fourth-order valence-electron chi connectivity index (χ4n) is 2.13. The number of benzene rings is 1. The van der Waals surface area contributed by atoms with Crippen molar-refractivity contribution in [1.82, 2.24) is 15.3 Å². The Morgan fingerprint density at radius 3 is 2.40 bits per heavy atom. The van der Waals surface area contributed by atoms with Crippen LogP contribution < -0.4 is 5.32 Å². The summed E-state index contributed by atoms with van der Waals surface area (Å²) in [6, 6.07) is 6.40. The van der Waals surface area contributed by atoms with Crippen LogP contribution in [-0.4, -0.2) is 9.97 Å². The first kappa shape index (κ1) is 13.3. The van der Waals surface area contributed by atoms with Gasteiger partial charge in [-0.1, -0.05) is 11.6 Å². The van der Waals surface area contributed by atoms with Gasteiger partial charge >= 0.3 is 6.18 Å². The summed E-state index contributed by atoms with van der Waals surface area (Å²) in [5.74, 6) is 0.0661. The molecular formula is C13H9ClF3N3. The molecule has 1 aromatic carbocycles. The fourth-order valence-corrected chi connectivity index (χ4v) is 2.26. The molecule has 0 amide bonds. The lowest BCUT2D eigenvalue weighted by Crippen LogP contribution is -2.14. The van der Waals surface area contributed by atoms with Crippen LogP contribution in [-0.2, 0) is 19.3 Å². The molecule has 2 aromatic rings. The van der Waals surface area contributed by atoms with Crippen LogP contribution in [0.2, 0.25) is 5.02 Å². The predicted molar refractivity (Wildman–Crippen MR) is 68.0 cm³/mol. The number of rotatable bonds is 1. The molecule has 3 nitrogen and oxygen atoms in total. The van der Waals surface area contributed by atoms with Gasteiger partial charge in [-0.05, 0) is 24.3 Å². The zero-order chi connectivity index (χ0) is 14.3. The summed E-state index contributed by atoms with van der Waals surface area (Å²) in [6.45, 7) is 0.465. The minimum Gasteiger partial charge on any atom is -0.307 e. The number of nitrogens with one attached hydrogen (secondary N) is 1. The molecule has 0 unspecified atom stereocenters. The second-order valence-electron chi connectivity index (χ2n) is 4.43. The van der Waals surface area contributed by atoms with E-state index < -0.39 is 11.9 Å². The van der Waals surface area contributed by atoms with E-state index in [1.165, 1.54) is 0 Å². The number of hydrogen-bond acceptors (Lipinski definition) is 3. The molecule has 0 aliphatic carbocycles. The molecule has 3 rings (SSSR count). The first-order valence-electron chi connectivity index (χ1n) is 5.89. The van der Waals surface area contributed by atoms with Crippen LogP contribution in [0.4, 0.5) is 13.2 Å². The summed E-state index contributed by atoms with van der Waals surface area (Å²) in [5.41, 5.74) is 0.180. The highest BCUT2D eigenvalue weighted by atomic mass is 35.5. The lowest BCUT2D eigenvalue weighted by molar-refractivity contribution is -0.141. The van der Waals surface area contributed by atoms with E-state index >= 15 is 0 Å². The zero-order valence-corrected chi connectivity index (χ0v) is 10.9. The van der Waals surface area contributed by atoms with Gasteiger partial charge in [-0.3, -0.25) is 0 Å². The fraction of sp³-hybridized carbons (Fsp3) is 0.231. The van der Waals surface area contributed by atoms with Crippen molar-refractivity contribution in [2.45, 2.75) is 19.3 Å². The Kier molecular flexibility index (Phi) is 3.14. The Labute approximate surface area is 117 Å². The molecule has 1 aromatic heterocycles. The third-order valence-corrected chi connectivity index (χ3v) is 3.31. The van der Waals surface area contributed by atoms with E-state index in [4.69, 9.17) is 11.6 Å². The Balaban J connectivity index is 2.16. The standard InChI is InChI=1S/C13H9ClF3N3/c14-8-3-1-7(2-4-8)12-19-10-6-18-5-9(10)11(20-12)13(15,16)17/h1-4,18H,5-6H2. The zero-order valence-electron chi connectivity index (χ0n) is 10.1. The second-order valence-corrected chi connectivity index (χ2v) is 4.87. The summed E-state index contributed by atoms with van der Waals surface area (Å²) < 4.78 is 39.2. The monoisotopic (exact) mass is 299 g/mol. The van der Waals surface area contributed by atoms with Crippen LogP contribution in [0.25, 0.3) is 11.4 Å². The summed E-state index contributed by atoms with van der Waals surface area (Å²) in [5, 5.41) is 3.37. The Morgan fingerprint density at radius 2 is 1.75 bits per heavy atom. The van der Waals surface area contributed by atoms with E-state index in [1.807, 2.05) is 0 Å². The molecule has 0 radical (unpaired) electrons. The minimum absolute atomic E-state index is 0.0661. The van der Waals surface area contributed by atoms with Crippen LogP contribution in [0.1, 0.15) is 17.0 Å². The molecule has 0 saturated heterocycles. The van der Waals surface area contributed by atoms with Gasteiger partial charge in [-0.15, -0.1) is 0 Å². The number of nitrogens with zero attached hydrogens (tertiary/aromatic N) is 2. The smallest absolute Gasteiger partial charge is 0.307 e. The summed E-state index contributed by atoms with van der Waals surface area (Å²) in [4.78, 5) is 7.91. The van der Waals surface area contributed by atoms with Crippen molar-refractivity contribution in [3.8, 4) is 11.4 Å². The van der Waals surface area contributed by atoms with E-state index in [0.29, 0.717) is 22.8 Å². The molecule has 7 heteroatoms. The Hall–Kier alpha value is -1.66. The molecule has 20 heavy (non-hydrogen) atoms. The van der Waals surface area contributed by atoms with Gasteiger partial charge < -0.3 is 5.32 Å². The third-order valence-electron chi connectivity index (χ3n) is 3.06. The maximum absolute atomic E-state index is 13.1. The molecule has 1 aliphatic rings. The SMILES string of the molecule is FC(F)(F)c1nc(-c2ccc(Cl)cc2)nc2c1CNC2. The van der Waals surface area contributed by atoms with E-state index in [9.17, 15) is 13.2 Å². The molecule has 0 saturated carbocycles. The first-order chi connectivity index (χ1) is 9.45. The van der Waals surface area contributed by atoms with Crippen molar-refractivity contribution in [2.24, 2.45) is 0 Å². The average Bonchev–Trinajstić information content (AvgIpc) is 2.85. The molecule has 0 atom stereocenters. The number of fused-ring (bicyclic) bond motifs is 1. The maximum atomic E-state index is 13.1. The average molecular weight is 300 g/mol.